The molecule has 0 amide bonds. The lowest BCUT2D eigenvalue weighted by Crippen LogP contribution is -2.26. The van der Waals surface area contributed by atoms with Crippen LogP contribution in [0.4, 0.5) is 0 Å². The summed E-state index contributed by atoms with van der Waals surface area (Å²) in [7, 11) is 0. The van der Waals surface area contributed by atoms with Crippen LogP contribution in [0, 0.1) is 13.8 Å². The molecule has 1 aromatic rings. The van der Waals surface area contributed by atoms with Crippen molar-refractivity contribution in [2.75, 3.05) is 26.2 Å². The molecule has 1 aliphatic heterocycles. The third-order valence-corrected chi connectivity index (χ3v) is 4.19. The van der Waals surface area contributed by atoms with E-state index >= 15 is 0 Å². The Morgan fingerprint density at radius 3 is 2.63 bits per heavy atom. The first-order valence-electron chi connectivity index (χ1n) is 7.69. The number of benzene rings is 1. The SMILES string of the molecule is Cc1ccc(C(C)NCCCN2CCCC2)c(C)c1. The largest absolute Gasteiger partial charge is 0.310 e. The van der Waals surface area contributed by atoms with Crippen LogP contribution < -0.4 is 5.32 Å². The standard InChI is InChI=1S/C17H28N2/c1-14-7-8-17(15(2)13-14)16(3)18-9-6-12-19-10-4-5-11-19/h7-8,13,16,18H,4-6,9-12H2,1-3H3. The minimum Gasteiger partial charge on any atom is -0.310 e. The van der Waals surface area contributed by atoms with E-state index in [1.165, 1.54) is 55.6 Å². The molecule has 0 bridgehead atoms. The molecule has 1 aliphatic rings. The van der Waals surface area contributed by atoms with Crippen molar-refractivity contribution in [1.82, 2.24) is 10.2 Å². The number of hydrogen-bond acceptors (Lipinski definition) is 2. The van der Waals surface area contributed by atoms with E-state index in [9.17, 15) is 0 Å². The Kier molecular flexibility index (Phi) is 5.41. The summed E-state index contributed by atoms with van der Waals surface area (Å²) < 4.78 is 0. The molecule has 1 fully saturated rings. The van der Waals surface area contributed by atoms with E-state index in [4.69, 9.17) is 0 Å². The molecule has 19 heavy (non-hydrogen) atoms. The minimum atomic E-state index is 0.458. The molecule has 0 aliphatic carbocycles. The second-order valence-electron chi connectivity index (χ2n) is 5.94. The number of aryl methyl sites for hydroxylation is 2. The zero-order valence-electron chi connectivity index (χ0n) is 12.7. The Bertz CT molecular complexity index is 394. The van der Waals surface area contributed by atoms with E-state index < -0.39 is 0 Å². The molecule has 2 nitrogen and oxygen atoms in total. The molecule has 0 aromatic heterocycles. The summed E-state index contributed by atoms with van der Waals surface area (Å²) in [6.45, 7) is 11.6. The molecule has 2 heteroatoms. The quantitative estimate of drug-likeness (QED) is 0.788. The van der Waals surface area contributed by atoms with Gasteiger partial charge < -0.3 is 10.2 Å². The van der Waals surface area contributed by atoms with Gasteiger partial charge in [0.05, 0.1) is 0 Å². The van der Waals surface area contributed by atoms with Gasteiger partial charge in [-0.05, 0) is 77.3 Å². The predicted octanol–water partition coefficient (Wildman–Crippen LogP) is 3.44. The molecule has 1 heterocycles. The zero-order valence-corrected chi connectivity index (χ0v) is 12.7. The van der Waals surface area contributed by atoms with Crippen molar-refractivity contribution in [2.24, 2.45) is 0 Å². The maximum Gasteiger partial charge on any atom is 0.0294 e. The molecular weight excluding hydrogens is 232 g/mol. The summed E-state index contributed by atoms with van der Waals surface area (Å²) in [5.74, 6) is 0. The lowest BCUT2D eigenvalue weighted by molar-refractivity contribution is 0.328. The number of hydrogen-bond donors (Lipinski definition) is 1. The van der Waals surface area contributed by atoms with Crippen molar-refractivity contribution in [2.45, 2.75) is 46.1 Å². The monoisotopic (exact) mass is 260 g/mol. The maximum atomic E-state index is 3.66. The molecule has 0 radical (unpaired) electrons. The highest BCUT2D eigenvalue weighted by atomic mass is 15.1. The lowest BCUT2D eigenvalue weighted by Gasteiger charge is -2.19. The number of nitrogens with one attached hydrogen (secondary N) is 1. The fraction of sp³-hybridized carbons (Fsp3) is 0.647. The Morgan fingerprint density at radius 1 is 1.21 bits per heavy atom. The van der Waals surface area contributed by atoms with Gasteiger partial charge in [-0.15, -0.1) is 0 Å². The van der Waals surface area contributed by atoms with Gasteiger partial charge in [0, 0.05) is 6.04 Å². The Morgan fingerprint density at radius 2 is 1.95 bits per heavy atom. The average molecular weight is 260 g/mol. The molecule has 1 N–H and O–H groups in total. The van der Waals surface area contributed by atoms with Crippen LogP contribution in [0.25, 0.3) is 0 Å². The average Bonchev–Trinajstić information content (AvgIpc) is 2.87. The van der Waals surface area contributed by atoms with E-state index in [2.05, 4.69) is 49.2 Å². The van der Waals surface area contributed by atoms with Crippen molar-refractivity contribution < 1.29 is 0 Å². The van der Waals surface area contributed by atoms with E-state index in [0.29, 0.717) is 6.04 Å². The fourth-order valence-corrected chi connectivity index (χ4v) is 3.05. The van der Waals surface area contributed by atoms with Crippen molar-refractivity contribution in [3.05, 3.63) is 34.9 Å². The maximum absolute atomic E-state index is 3.66. The van der Waals surface area contributed by atoms with Gasteiger partial charge >= 0.3 is 0 Å². The summed E-state index contributed by atoms with van der Waals surface area (Å²) in [5.41, 5.74) is 4.19. The predicted molar refractivity (Wildman–Crippen MR) is 82.6 cm³/mol. The highest BCUT2D eigenvalue weighted by molar-refractivity contribution is 5.32. The molecule has 106 valence electrons. The first kappa shape index (κ1) is 14.5. The Hall–Kier alpha value is -0.860. The highest BCUT2D eigenvalue weighted by Crippen LogP contribution is 2.18. The third kappa shape index (κ3) is 4.32. The van der Waals surface area contributed by atoms with Crippen LogP contribution in [0.1, 0.15) is 48.9 Å². The minimum absolute atomic E-state index is 0.458. The normalized spacial score (nSPS) is 17.8. The van der Waals surface area contributed by atoms with E-state index in [-0.39, 0.29) is 0 Å². The number of likely N-dealkylation sites (tertiary alicyclic amines) is 1. The number of nitrogens with zero attached hydrogens (tertiary/aromatic N) is 1. The molecule has 1 aromatic carbocycles. The summed E-state index contributed by atoms with van der Waals surface area (Å²) in [6.07, 6.45) is 4.05. The smallest absolute Gasteiger partial charge is 0.0294 e. The second kappa shape index (κ2) is 7.06. The summed E-state index contributed by atoms with van der Waals surface area (Å²) in [6, 6.07) is 7.21. The van der Waals surface area contributed by atoms with Crippen LogP contribution in [0.15, 0.2) is 18.2 Å². The van der Waals surface area contributed by atoms with Gasteiger partial charge in [-0.3, -0.25) is 0 Å². The van der Waals surface area contributed by atoms with Crippen LogP contribution in [-0.2, 0) is 0 Å². The second-order valence-corrected chi connectivity index (χ2v) is 5.94. The van der Waals surface area contributed by atoms with Crippen molar-refractivity contribution in [1.29, 1.82) is 0 Å². The van der Waals surface area contributed by atoms with Gasteiger partial charge in [0.15, 0.2) is 0 Å². The van der Waals surface area contributed by atoms with Crippen molar-refractivity contribution in [3.8, 4) is 0 Å². The summed E-state index contributed by atoms with van der Waals surface area (Å²) in [4.78, 5) is 2.59. The molecule has 1 unspecified atom stereocenters. The molecular formula is C17H28N2. The molecule has 0 saturated carbocycles. The molecule has 1 atom stereocenters. The first-order chi connectivity index (χ1) is 9.16. The van der Waals surface area contributed by atoms with Crippen molar-refractivity contribution >= 4 is 0 Å². The topological polar surface area (TPSA) is 15.3 Å². The third-order valence-electron chi connectivity index (χ3n) is 4.19. The molecule has 2 rings (SSSR count). The van der Waals surface area contributed by atoms with Crippen molar-refractivity contribution in [3.63, 3.8) is 0 Å². The Balaban J connectivity index is 1.72. The van der Waals surface area contributed by atoms with Gasteiger partial charge in [0.2, 0.25) is 0 Å². The lowest BCUT2D eigenvalue weighted by atomic mass is 10.0. The van der Waals surface area contributed by atoms with Crippen LogP contribution in [-0.4, -0.2) is 31.1 Å². The van der Waals surface area contributed by atoms with Gasteiger partial charge in [-0.2, -0.15) is 0 Å². The summed E-state index contributed by atoms with van der Waals surface area (Å²) >= 11 is 0. The fourth-order valence-electron chi connectivity index (χ4n) is 3.05. The van der Waals surface area contributed by atoms with Crippen LogP contribution in [0.2, 0.25) is 0 Å². The van der Waals surface area contributed by atoms with Crippen LogP contribution in [0.3, 0.4) is 0 Å². The van der Waals surface area contributed by atoms with E-state index in [0.717, 1.165) is 6.54 Å². The molecule has 0 spiro atoms. The Labute approximate surface area is 118 Å². The van der Waals surface area contributed by atoms with Crippen LogP contribution >= 0.6 is 0 Å². The van der Waals surface area contributed by atoms with Gasteiger partial charge in [-0.1, -0.05) is 23.8 Å². The van der Waals surface area contributed by atoms with Gasteiger partial charge in [0.1, 0.15) is 0 Å². The molecule has 1 saturated heterocycles. The first-order valence-corrected chi connectivity index (χ1v) is 7.69. The summed E-state index contributed by atoms with van der Waals surface area (Å²) in [5, 5.41) is 3.66. The zero-order chi connectivity index (χ0) is 13.7. The van der Waals surface area contributed by atoms with E-state index in [1.54, 1.807) is 0 Å². The van der Waals surface area contributed by atoms with E-state index in [1.807, 2.05) is 0 Å². The van der Waals surface area contributed by atoms with Gasteiger partial charge in [0.25, 0.3) is 0 Å². The van der Waals surface area contributed by atoms with Crippen LogP contribution in [0.5, 0.6) is 0 Å². The highest BCUT2D eigenvalue weighted by Gasteiger charge is 2.11. The van der Waals surface area contributed by atoms with Gasteiger partial charge in [-0.25, -0.2) is 0 Å². The number of rotatable bonds is 6.